The summed E-state index contributed by atoms with van der Waals surface area (Å²) in [6.07, 6.45) is 1.12. The molecule has 2 aromatic rings. The van der Waals surface area contributed by atoms with E-state index in [1.165, 1.54) is 16.8 Å². The molecule has 0 saturated carbocycles. The van der Waals surface area contributed by atoms with Gasteiger partial charge in [-0.05, 0) is 42.2 Å². The zero-order chi connectivity index (χ0) is 18.8. The van der Waals surface area contributed by atoms with Gasteiger partial charge in [0.15, 0.2) is 0 Å². The first-order chi connectivity index (χ1) is 13.2. The number of benzene rings is 2. The number of carbonyl (C=O) groups excluding carboxylic acids is 1. The second kappa shape index (κ2) is 7.61. The Kier molecular flexibility index (Phi) is 5.03. The van der Waals surface area contributed by atoms with Crippen molar-refractivity contribution in [1.82, 2.24) is 9.80 Å². The van der Waals surface area contributed by atoms with Gasteiger partial charge in [0.25, 0.3) is 5.91 Å². The number of nitrogens with zero attached hydrogens (tertiary/aromatic N) is 2. The summed E-state index contributed by atoms with van der Waals surface area (Å²) in [6.45, 7) is 7.29. The van der Waals surface area contributed by atoms with E-state index in [2.05, 4.69) is 28.4 Å². The summed E-state index contributed by atoms with van der Waals surface area (Å²) in [5.41, 5.74) is 5.87. The number of hydrogen-bond acceptors (Lipinski definition) is 4. The highest BCUT2D eigenvalue weighted by Crippen LogP contribution is 2.28. The second-order valence-corrected chi connectivity index (χ2v) is 7.38. The lowest BCUT2D eigenvalue weighted by atomic mass is 10.1. The molecule has 0 bridgehead atoms. The summed E-state index contributed by atoms with van der Waals surface area (Å²) in [4.78, 5) is 17.2. The SMILES string of the molecule is COc1cc(C(=O)N2CCN(Cc3cccc4c3NCC4)CC2)ccc1C. The third-order valence-electron chi connectivity index (χ3n) is 5.64. The molecule has 1 N–H and O–H groups in total. The maximum absolute atomic E-state index is 12.8. The zero-order valence-corrected chi connectivity index (χ0v) is 16.1. The van der Waals surface area contributed by atoms with Gasteiger partial charge in [-0.15, -0.1) is 0 Å². The number of anilines is 1. The first-order valence-electron chi connectivity index (χ1n) is 9.66. The monoisotopic (exact) mass is 365 g/mol. The number of carbonyl (C=O) groups is 1. The Morgan fingerprint density at radius 3 is 2.74 bits per heavy atom. The van der Waals surface area contributed by atoms with Crippen LogP contribution in [0.1, 0.15) is 27.0 Å². The van der Waals surface area contributed by atoms with Crippen molar-refractivity contribution in [3.05, 3.63) is 58.7 Å². The highest BCUT2D eigenvalue weighted by atomic mass is 16.5. The van der Waals surface area contributed by atoms with Crippen molar-refractivity contribution in [2.45, 2.75) is 19.9 Å². The Balaban J connectivity index is 1.38. The predicted octanol–water partition coefficient (Wildman–Crippen LogP) is 2.93. The first-order valence-corrected chi connectivity index (χ1v) is 9.66. The van der Waals surface area contributed by atoms with Crippen LogP contribution >= 0.6 is 0 Å². The van der Waals surface area contributed by atoms with Gasteiger partial charge < -0.3 is 15.0 Å². The number of rotatable bonds is 4. The van der Waals surface area contributed by atoms with Gasteiger partial charge in [-0.3, -0.25) is 9.69 Å². The van der Waals surface area contributed by atoms with Crippen molar-refractivity contribution in [1.29, 1.82) is 0 Å². The molecule has 1 saturated heterocycles. The van der Waals surface area contributed by atoms with E-state index < -0.39 is 0 Å². The van der Waals surface area contributed by atoms with Crippen LogP contribution in [-0.4, -0.2) is 55.5 Å². The van der Waals surface area contributed by atoms with Crippen molar-refractivity contribution >= 4 is 11.6 Å². The summed E-state index contributed by atoms with van der Waals surface area (Å²) in [5.74, 6) is 0.861. The van der Waals surface area contributed by atoms with Crippen LogP contribution in [0.4, 0.5) is 5.69 Å². The molecule has 27 heavy (non-hydrogen) atoms. The third-order valence-corrected chi connectivity index (χ3v) is 5.64. The van der Waals surface area contributed by atoms with Gasteiger partial charge >= 0.3 is 0 Å². The fraction of sp³-hybridized carbons (Fsp3) is 0.409. The van der Waals surface area contributed by atoms with Gasteiger partial charge in [0.1, 0.15) is 5.75 Å². The fourth-order valence-corrected chi connectivity index (χ4v) is 4.03. The number of fused-ring (bicyclic) bond motifs is 1. The van der Waals surface area contributed by atoms with Gasteiger partial charge in [0.05, 0.1) is 7.11 Å². The van der Waals surface area contributed by atoms with Gasteiger partial charge in [-0.1, -0.05) is 24.3 Å². The molecule has 0 spiro atoms. The van der Waals surface area contributed by atoms with Crippen LogP contribution in [0.3, 0.4) is 0 Å². The van der Waals surface area contributed by atoms with Crippen molar-refractivity contribution < 1.29 is 9.53 Å². The van der Waals surface area contributed by atoms with E-state index in [0.717, 1.165) is 57.0 Å². The number of ether oxygens (including phenoxy) is 1. The van der Waals surface area contributed by atoms with E-state index in [1.807, 2.05) is 30.0 Å². The molecule has 5 nitrogen and oxygen atoms in total. The summed E-state index contributed by atoms with van der Waals surface area (Å²) >= 11 is 0. The van der Waals surface area contributed by atoms with Gasteiger partial charge in [-0.25, -0.2) is 0 Å². The maximum Gasteiger partial charge on any atom is 0.254 e. The smallest absolute Gasteiger partial charge is 0.254 e. The Hall–Kier alpha value is -2.53. The number of methoxy groups -OCH3 is 1. The first kappa shape index (κ1) is 17.9. The van der Waals surface area contributed by atoms with Crippen molar-refractivity contribution in [2.24, 2.45) is 0 Å². The Bertz CT molecular complexity index is 841. The minimum Gasteiger partial charge on any atom is -0.496 e. The van der Waals surface area contributed by atoms with E-state index in [4.69, 9.17) is 4.74 Å². The van der Waals surface area contributed by atoms with Gasteiger partial charge in [0.2, 0.25) is 0 Å². The van der Waals surface area contributed by atoms with E-state index in [0.29, 0.717) is 5.56 Å². The molecule has 2 heterocycles. The predicted molar refractivity (Wildman–Crippen MR) is 108 cm³/mol. The van der Waals surface area contributed by atoms with Crippen LogP contribution < -0.4 is 10.1 Å². The van der Waals surface area contributed by atoms with Gasteiger partial charge in [-0.2, -0.15) is 0 Å². The number of para-hydroxylation sites is 1. The standard InChI is InChI=1S/C22H27N3O2/c1-16-6-7-18(14-20(16)27-2)22(26)25-12-10-24(11-13-25)15-19-5-3-4-17-8-9-23-21(17)19/h3-7,14,23H,8-13,15H2,1-2H3. The van der Waals surface area contributed by atoms with Crippen LogP contribution in [0.2, 0.25) is 0 Å². The molecule has 0 unspecified atom stereocenters. The Morgan fingerprint density at radius 2 is 1.96 bits per heavy atom. The molecular weight excluding hydrogens is 338 g/mol. The lowest BCUT2D eigenvalue weighted by Gasteiger charge is -2.35. The summed E-state index contributed by atoms with van der Waals surface area (Å²) in [6, 6.07) is 12.3. The molecule has 2 aliphatic rings. The van der Waals surface area contributed by atoms with Crippen LogP contribution in [-0.2, 0) is 13.0 Å². The highest BCUT2D eigenvalue weighted by Gasteiger charge is 2.24. The molecule has 4 rings (SSSR count). The third kappa shape index (κ3) is 3.65. The lowest BCUT2D eigenvalue weighted by Crippen LogP contribution is -2.48. The molecular formula is C22H27N3O2. The van der Waals surface area contributed by atoms with E-state index in [1.54, 1.807) is 7.11 Å². The van der Waals surface area contributed by atoms with E-state index >= 15 is 0 Å². The number of piperazine rings is 1. The molecule has 0 radical (unpaired) electrons. The topological polar surface area (TPSA) is 44.8 Å². The molecule has 142 valence electrons. The quantitative estimate of drug-likeness (QED) is 0.905. The average Bonchev–Trinajstić information content (AvgIpc) is 3.18. The number of amides is 1. The summed E-state index contributed by atoms with van der Waals surface area (Å²) in [5, 5.41) is 3.52. The Morgan fingerprint density at radius 1 is 1.15 bits per heavy atom. The van der Waals surface area contributed by atoms with Crippen molar-refractivity contribution in [2.75, 3.05) is 45.2 Å². The molecule has 1 amide bonds. The highest BCUT2D eigenvalue weighted by molar-refractivity contribution is 5.94. The number of aryl methyl sites for hydroxylation is 1. The van der Waals surface area contributed by atoms with E-state index in [9.17, 15) is 4.79 Å². The normalized spacial score (nSPS) is 16.7. The minimum absolute atomic E-state index is 0.0928. The molecule has 2 aromatic carbocycles. The summed E-state index contributed by atoms with van der Waals surface area (Å²) in [7, 11) is 1.64. The number of nitrogens with one attached hydrogen (secondary N) is 1. The lowest BCUT2D eigenvalue weighted by molar-refractivity contribution is 0.0628. The molecule has 0 aliphatic carbocycles. The molecule has 0 atom stereocenters. The average molecular weight is 365 g/mol. The molecule has 2 aliphatic heterocycles. The molecule has 0 aromatic heterocycles. The second-order valence-electron chi connectivity index (χ2n) is 7.38. The Labute approximate surface area is 160 Å². The fourth-order valence-electron chi connectivity index (χ4n) is 4.03. The van der Waals surface area contributed by atoms with Crippen molar-refractivity contribution in [3.63, 3.8) is 0 Å². The van der Waals surface area contributed by atoms with Crippen LogP contribution in [0, 0.1) is 6.92 Å². The zero-order valence-electron chi connectivity index (χ0n) is 16.1. The molecule has 1 fully saturated rings. The van der Waals surface area contributed by atoms with E-state index in [-0.39, 0.29) is 5.91 Å². The summed E-state index contributed by atoms with van der Waals surface area (Å²) < 4.78 is 5.36. The largest absolute Gasteiger partial charge is 0.496 e. The maximum atomic E-state index is 12.8. The van der Waals surface area contributed by atoms with Crippen molar-refractivity contribution in [3.8, 4) is 5.75 Å². The minimum atomic E-state index is 0.0928. The van der Waals surface area contributed by atoms with Gasteiger partial charge in [0, 0.05) is 50.5 Å². The number of hydrogen-bond donors (Lipinski definition) is 1. The van der Waals surface area contributed by atoms with Crippen LogP contribution in [0.15, 0.2) is 36.4 Å². The molecule has 5 heteroatoms. The van der Waals surface area contributed by atoms with Crippen LogP contribution in [0.25, 0.3) is 0 Å². The van der Waals surface area contributed by atoms with Crippen LogP contribution in [0.5, 0.6) is 5.75 Å².